The van der Waals surface area contributed by atoms with Crippen LogP contribution in [0.2, 0.25) is 0 Å². The van der Waals surface area contributed by atoms with Crippen LogP contribution >= 0.6 is 35.1 Å². The second-order valence-corrected chi connectivity index (χ2v) is 6.05. The second kappa shape index (κ2) is 6.35. The van der Waals surface area contributed by atoms with Crippen LogP contribution in [0.5, 0.6) is 0 Å². The summed E-state index contributed by atoms with van der Waals surface area (Å²) in [6.45, 7) is 2.05. The lowest BCUT2D eigenvalue weighted by molar-refractivity contribution is 0.895. The summed E-state index contributed by atoms with van der Waals surface area (Å²) < 4.78 is 5.18. The number of nitrogens with zero attached hydrogens (tertiary/aromatic N) is 4. The molecule has 96 valence electrons. The Morgan fingerprint density at radius 3 is 2.78 bits per heavy atom. The van der Waals surface area contributed by atoms with E-state index in [4.69, 9.17) is 0 Å². The van der Waals surface area contributed by atoms with Gasteiger partial charge in [0.05, 0.1) is 0 Å². The highest BCUT2D eigenvalue weighted by atomic mass is 32.2. The lowest BCUT2D eigenvalue weighted by Gasteiger charge is -2.04. The Kier molecular flexibility index (Phi) is 4.79. The molecule has 2 rings (SSSR count). The minimum Gasteiger partial charge on any atom is -0.373 e. The van der Waals surface area contributed by atoms with Crippen molar-refractivity contribution in [2.24, 2.45) is 0 Å². The number of anilines is 1. The Hall–Kier alpha value is -0.860. The maximum Gasteiger partial charge on any atom is 0.190 e. The van der Waals surface area contributed by atoms with Crippen LogP contribution < -0.4 is 5.32 Å². The van der Waals surface area contributed by atoms with E-state index in [2.05, 4.69) is 24.6 Å². The van der Waals surface area contributed by atoms with Gasteiger partial charge in [0.2, 0.25) is 0 Å². The van der Waals surface area contributed by atoms with Gasteiger partial charge in [-0.05, 0) is 29.6 Å². The molecule has 18 heavy (non-hydrogen) atoms. The van der Waals surface area contributed by atoms with Crippen molar-refractivity contribution in [2.45, 2.75) is 27.9 Å². The number of hydrogen-bond acceptors (Lipinski definition) is 8. The molecule has 5 nitrogen and oxygen atoms in total. The van der Waals surface area contributed by atoms with Crippen molar-refractivity contribution in [3.8, 4) is 0 Å². The van der Waals surface area contributed by atoms with E-state index in [0.717, 1.165) is 32.6 Å². The molecule has 0 fully saturated rings. The fourth-order valence-corrected chi connectivity index (χ4v) is 3.27. The van der Waals surface area contributed by atoms with Crippen molar-refractivity contribution in [1.82, 2.24) is 19.3 Å². The van der Waals surface area contributed by atoms with Crippen molar-refractivity contribution in [1.29, 1.82) is 0 Å². The molecule has 0 aliphatic carbocycles. The minimum absolute atomic E-state index is 0.754. The molecule has 2 aromatic heterocycles. The zero-order valence-corrected chi connectivity index (χ0v) is 12.7. The molecule has 0 atom stereocenters. The monoisotopic (exact) mass is 299 g/mol. The topological polar surface area (TPSA) is 63.6 Å². The van der Waals surface area contributed by atoms with Crippen molar-refractivity contribution < 1.29 is 0 Å². The van der Waals surface area contributed by atoms with Crippen LogP contribution in [-0.2, 0) is 6.42 Å². The first-order chi connectivity index (χ1) is 8.75. The number of aryl methyl sites for hydroxylation is 1. The Balaban J connectivity index is 2.22. The van der Waals surface area contributed by atoms with E-state index in [9.17, 15) is 0 Å². The van der Waals surface area contributed by atoms with Gasteiger partial charge in [0.15, 0.2) is 9.50 Å². The molecule has 0 saturated carbocycles. The van der Waals surface area contributed by atoms with Gasteiger partial charge < -0.3 is 5.32 Å². The number of nitrogens with one attached hydrogen (secondary N) is 1. The van der Waals surface area contributed by atoms with Gasteiger partial charge in [-0.25, -0.2) is 15.0 Å². The molecule has 0 radical (unpaired) electrons. The molecule has 0 aliphatic heterocycles. The average molecular weight is 299 g/mol. The fourth-order valence-electron chi connectivity index (χ4n) is 1.19. The van der Waals surface area contributed by atoms with E-state index >= 15 is 0 Å². The third-order valence-corrected chi connectivity index (χ3v) is 4.33. The number of rotatable bonds is 5. The van der Waals surface area contributed by atoms with Crippen LogP contribution in [0.3, 0.4) is 0 Å². The minimum atomic E-state index is 0.754. The molecule has 0 unspecified atom stereocenters. The summed E-state index contributed by atoms with van der Waals surface area (Å²) in [6, 6.07) is 1.91. The fraction of sp³-hybridized carbons (Fsp3) is 0.400. The molecular weight excluding hydrogens is 286 g/mol. The van der Waals surface area contributed by atoms with E-state index in [1.807, 2.05) is 26.3 Å². The molecule has 8 heteroatoms. The maximum atomic E-state index is 4.44. The number of aromatic nitrogens is 4. The van der Waals surface area contributed by atoms with Crippen LogP contribution in [0, 0.1) is 0 Å². The van der Waals surface area contributed by atoms with Crippen LogP contribution in [0.15, 0.2) is 20.6 Å². The quantitative estimate of drug-likeness (QED) is 0.517. The van der Waals surface area contributed by atoms with Crippen molar-refractivity contribution in [2.75, 3.05) is 18.6 Å². The van der Waals surface area contributed by atoms with Gasteiger partial charge in [-0.1, -0.05) is 18.7 Å². The molecular formula is C10H13N5S3. The van der Waals surface area contributed by atoms with Crippen LogP contribution in [0.1, 0.15) is 12.7 Å². The van der Waals surface area contributed by atoms with Crippen LogP contribution in [-0.4, -0.2) is 32.6 Å². The summed E-state index contributed by atoms with van der Waals surface area (Å²) in [6.07, 6.45) is 2.82. The van der Waals surface area contributed by atoms with Gasteiger partial charge in [0.1, 0.15) is 16.7 Å². The Morgan fingerprint density at radius 1 is 1.33 bits per heavy atom. The Morgan fingerprint density at radius 2 is 2.17 bits per heavy atom. The summed E-state index contributed by atoms with van der Waals surface area (Å²) in [5, 5.41) is 4.67. The predicted octanol–water partition coefficient (Wildman–Crippen LogP) is 2.81. The molecule has 1 N–H and O–H groups in total. The predicted molar refractivity (Wildman–Crippen MR) is 76.8 cm³/mol. The van der Waals surface area contributed by atoms with E-state index in [-0.39, 0.29) is 0 Å². The molecule has 0 spiro atoms. The first-order valence-corrected chi connectivity index (χ1v) is 8.18. The smallest absolute Gasteiger partial charge is 0.190 e. The van der Waals surface area contributed by atoms with Gasteiger partial charge >= 0.3 is 0 Å². The highest BCUT2D eigenvalue weighted by Gasteiger charge is 2.08. The third-order valence-electron chi connectivity index (χ3n) is 2.08. The summed E-state index contributed by atoms with van der Waals surface area (Å²) in [4.78, 5) is 13.2. The largest absolute Gasteiger partial charge is 0.373 e. The Bertz CT molecular complexity index is 506. The molecule has 0 saturated heterocycles. The standard InChI is InChI=1S/C10H13N5S3/c1-4-6-13-10(18-15-6)17-8-5-7(11-2)12-9(14-8)16-3/h5H,4H2,1-3H3,(H,11,12,14). The van der Waals surface area contributed by atoms with Gasteiger partial charge in [-0.2, -0.15) is 4.37 Å². The SMILES string of the molecule is CCc1nsc(Sc2cc(NC)nc(SC)n2)n1. The zero-order valence-electron chi connectivity index (χ0n) is 10.3. The summed E-state index contributed by atoms with van der Waals surface area (Å²) in [5.41, 5.74) is 0. The summed E-state index contributed by atoms with van der Waals surface area (Å²) in [7, 11) is 1.85. The van der Waals surface area contributed by atoms with E-state index in [0.29, 0.717) is 0 Å². The highest BCUT2D eigenvalue weighted by Crippen LogP contribution is 2.29. The van der Waals surface area contributed by atoms with Crippen LogP contribution in [0.4, 0.5) is 5.82 Å². The van der Waals surface area contributed by atoms with E-state index in [1.54, 1.807) is 0 Å². The van der Waals surface area contributed by atoms with Crippen molar-refractivity contribution in [3.05, 3.63) is 11.9 Å². The first-order valence-electron chi connectivity index (χ1n) is 5.36. The van der Waals surface area contributed by atoms with E-state index in [1.165, 1.54) is 35.1 Å². The molecule has 2 aromatic rings. The summed E-state index contributed by atoms with van der Waals surface area (Å²) in [5.74, 6) is 1.70. The van der Waals surface area contributed by atoms with Crippen molar-refractivity contribution >= 4 is 40.9 Å². The van der Waals surface area contributed by atoms with Crippen LogP contribution in [0.25, 0.3) is 0 Å². The lowest BCUT2D eigenvalue weighted by atomic mass is 10.5. The second-order valence-electron chi connectivity index (χ2n) is 3.26. The normalized spacial score (nSPS) is 10.6. The van der Waals surface area contributed by atoms with Gasteiger partial charge in [-0.3, -0.25) is 0 Å². The maximum absolute atomic E-state index is 4.44. The first kappa shape index (κ1) is 13.6. The number of hydrogen-bond donors (Lipinski definition) is 1. The number of thioether (sulfide) groups is 1. The lowest BCUT2D eigenvalue weighted by Crippen LogP contribution is -1.96. The van der Waals surface area contributed by atoms with Gasteiger partial charge in [0.25, 0.3) is 0 Å². The molecule has 0 bridgehead atoms. The van der Waals surface area contributed by atoms with Crippen molar-refractivity contribution in [3.63, 3.8) is 0 Å². The van der Waals surface area contributed by atoms with Gasteiger partial charge in [0, 0.05) is 19.5 Å². The average Bonchev–Trinajstić information content (AvgIpc) is 2.85. The highest BCUT2D eigenvalue weighted by molar-refractivity contribution is 8.01. The Labute approximate surface area is 118 Å². The zero-order chi connectivity index (χ0) is 13.0. The molecule has 2 heterocycles. The molecule has 0 aliphatic rings. The molecule has 0 aromatic carbocycles. The third kappa shape index (κ3) is 3.33. The molecule has 0 amide bonds. The van der Waals surface area contributed by atoms with Gasteiger partial charge in [-0.15, -0.1) is 0 Å². The summed E-state index contributed by atoms with van der Waals surface area (Å²) >= 11 is 4.46. The van der Waals surface area contributed by atoms with E-state index < -0.39 is 0 Å².